The minimum Gasteiger partial charge on any atom is -0.383 e. The van der Waals surface area contributed by atoms with Gasteiger partial charge in [0.2, 0.25) is 0 Å². The topological polar surface area (TPSA) is 21.6 Å². The van der Waals surface area contributed by atoms with Crippen molar-refractivity contribution in [1.82, 2.24) is 0 Å². The third kappa shape index (κ3) is 3.30. The van der Waals surface area contributed by atoms with Crippen molar-refractivity contribution in [2.45, 2.75) is 0 Å². The van der Waals surface area contributed by atoms with Crippen LogP contribution in [-0.4, -0.2) is 26.5 Å². The number of hydrogen-bond donors (Lipinski definition) is 0. The first-order chi connectivity index (χ1) is 5.93. The monoisotopic (exact) mass is 163 g/mol. The second kappa shape index (κ2) is 5.49. The molecule has 0 aliphatic rings. The summed E-state index contributed by atoms with van der Waals surface area (Å²) in [5, 5.41) is 0. The lowest BCUT2D eigenvalue weighted by Gasteiger charge is -1.92. The van der Waals surface area contributed by atoms with Gasteiger partial charge in [0.05, 0.1) is 13.2 Å². The average Bonchev–Trinajstić information content (AvgIpc) is 2.14. The molecule has 0 radical (unpaired) electrons. The number of rotatable bonds is 4. The van der Waals surface area contributed by atoms with Crippen LogP contribution in [0.3, 0.4) is 0 Å². The smallest absolute Gasteiger partial charge is 0.0658 e. The normalized spacial score (nSPS) is 10.8. The first-order valence-corrected chi connectivity index (χ1v) is 3.97. The molecule has 64 valence electrons. The summed E-state index contributed by atoms with van der Waals surface area (Å²) in [5.74, 6) is 0. The Morgan fingerprint density at radius 3 is 2.75 bits per heavy atom. The molecule has 0 atom stereocenters. The fourth-order valence-corrected chi connectivity index (χ4v) is 0.853. The van der Waals surface area contributed by atoms with E-state index >= 15 is 0 Å². The molecule has 0 fully saturated rings. The molecule has 1 aromatic carbocycles. The van der Waals surface area contributed by atoms with Gasteiger partial charge in [-0.2, -0.15) is 0 Å². The van der Waals surface area contributed by atoms with Crippen LogP contribution < -0.4 is 0 Å². The molecule has 0 aliphatic carbocycles. The van der Waals surface area contributed by atoms with Gasteiger partial charge in [-0.25, -0.2) is 0 Å². The summed E-state index contributed by atoms with van der Waals surface area (Å²) in [6.45, 7) is 1.41. The second-order valence-electron chi connectivity index (χ2n) is 2.44. The SMILES string of the molecule is COCCN=Cc1ccccc1. The standard InChI is InChI=1S/C10H13NO/c1-12-8-7-11-9-10-5-3-2-4-6-10/h2-6,9H,7-8H2,1H3. The zero-order valence-electron chi connectivity index (χ0n) is 7.23. The summed E-state index contributed by atoms with van der Waals surface area (Å²) in [4.78, 5) is 4.18. The average molecular weight is 163 g/mol. The van der Waals surface area contributed by atoms with Crippen LogP contribution in [0.1, 0.15) is 5.56 Å². The molecule has 0 unspecified atom stereocenters. The number of ether oxygens (including phenoxy) is 1. The summed E-state index contributed by atoms with van der Waals surface area (Å²) >= 11 is 0. The first-order valence-electron chi connectivity index (χ1n) is 3.97. The predicted octanol–water partition coefficient (Wildman–Crippen LogP) is 1.75. The number of nitrogens with zero attached hydrogens (tertiary/aromatic N) is 1. The first kappa shape index (κ1) is 8.94. The molecule has 2 nitrogen and oxygen atoms in total. The molecule has 2 heteroatoms. The Hall–Kier alpha value is -1.15. The Morgan fingerprint density at radius 2 is 2.08 bits per heavy atom. The Balaban J connectivity index is 2.36. The summed E-state index contributed by atoms with van der Waals surface area (Å²) in [6.07, 6.45) is 1.86. The third-order valence-electron chi connectivity index (χ3n) is 1.46. The van der Waals surface area contributed by atoms with Crippen LogP contribution in [0, 0.1) is 0 Å². The molecule has 0 saturated carbocycles. The van der Waals surface area contributed by atoms with Crippen LogP contribution in [0.25, 0.3) is 0 Å². The Labute approximate surface area is 72.9 Å². The van der Waals surface area contributed by atoms with Crippen molar-refractivity contribution in [3.8, 4) is 0 Å². The van der Waals surface area contributed by atoms with Gasteiger partial charge in [-0.05, 0) is 5.56 Å². The van der Waals surface area contributed by atoms with Crippen LogP contribution in [0.5, 0.6) is 0 Å². The van der Waals surface area contributed by atoms with E-state index in [0.29, 0.717) is 6.61 Å². The van der Waals surface area contributed by atoms with Crippen molar-refractivity contribution < 1.29 is 4.74 Å². The molecule has 0 spiro atoms. The lowest BCUT2D eigenvalue weighted by atomic mass is 10.2. The molecule has 1 rings (SSSR count). The largest absolute Gasteiger partial charge is 0.383 e. The van der Waals surface area contributed by atoms with Crippen molar-refractivity contribution in [2.24, 2.45) is 4.99 Å². The molecule has 0 aromatic heterocycles. The van der Waals surface area contributed by atoms with Crippen LogP contribution in [-0.2, 0) is 4.74 Å². The van der Waals surface area contributed by atoms with Crippen molar-refractivity contribution in [3.63, 3.8) is 0 Å². The van der Waals surface area contributed by atoms with Gasteiger partial charge in [-0.1, -0.05) is 30.3 Å². The van der Waals surface area contributed by atoms with E-state index in [4.69, 9.17) is 4.74 Å². The Kier molecular flexibility index (Phi) is 4.09. The van der Waals surface area contributed by atoms with E-state index in [1.54, 1.807) is 7.11 Å². The zero-order valence-corrected chi connectivity index (χ0v) is 7.23. The Morgan fingerprint density at radius 1 is 1.33 bits per heavy atom. The molecule has 0 amide bonds. The molecule has 0 aliphatic heterocycles. The maximum Gasteiger partial charge on any atom is 0.0658 e. The van der Waals surface area contributed by atoms with Gasteiger partial charge in [-0.3, -0.25) is 4.99 Å². The van der Waals surface area contributed by atoms with Gasteiger partial charge in [-0.15, -0.1) is 0 Å². The summed E-state index contributed by atoms with van der Waals surface area (Å²) < 4.78 is 4.87. The zero-order chi connectivity index (χ0) is 8.65. The predicted molar refractivity (Wildman–Crippen MR) is 50.8 cm³/mol. The van der Waals surface area contributed by atoms with Crippen molar-refractivity contribution in [2.75, 3.05) is 20.3 Å². The molecule has 1 aromatic rings. The third-order valence-corrected chi connectivity index (χ3v) is 1.46. The van der Waals surface area contributed by atoms with E-state index in [1.807, 2.05) is 36.5 Å². The van der Waals surface area contributed by atoms with Crippen LogP contribution in [0.15, 0.2) is 35.3 Å². The number of methoxy groups -OCH3 is 1. The van der Waals surface area contributed by atoms with E-state index in [1.165, 1.54) is 0 Å². The van der Waals surface area contributed by atoms with Gasteiger partial charge < -0.3 is 4.74 Å². The molecular formula is C10H13NO. The molecule has 0 saturated heterocycles. The van der Waals surface area contributed by atoms with Crippen LogP contribution in [0.4, 0.5) is 0 Å². The quantitative estimate of drug-likeness (QED) is 0.489. The highest BCUT2D eigenvalue weighted by atomic mass is 16.5. The molecule has 0 N–H and O–H groups in total. The van der Waals surface area contributed by atoms with Crippen molar-refractivity contribution in [3.05, 3.63) is 35.9 Å². The lowest BCUT2D eigenvalue weighted by molar-refractivity contribution is 0.208. The molecular weight excluding hydrogens is 150 g/mol. The summed E-state index contributed by atoms with van der Waals surface area (Å²) in [5.41, 5.74) is 1.13. The van der Waals surface area contributed by atoms with E-state index in [2.05, 4.69) is 4.99 Å². The van der Waals surface area contributed by atoms with E-state index in [0.717, 1.165) is 12.1 Å². The maximum absolute atomic E-state index is 4.87. The number of benzene rings is 1. The van der Waals surface area contributed by atoms with Gasteiger partial charge in [0.1, 0.15) is 0 Å². The van der Waals surface area contributed by atoms with Gasteiger partial charge >= 0.3 is 0 Å². The van der Waals surface area contributed by atoms with Crippen molar-refractivity contribution >= 4 is 6.21 Å². The lowest BCUT2D eigenvalue weighted by Crippen LogP contribution is -1.93. The minimum absolute atomic E-state index is 0.684. The second-order valence-corrected chi connectivity index (χ2v) is 2.44. The highest BCUT2D eigenvalue weighted by Gasteiger charge is 1.82. The van der Waals surface area contributed by atoms with Gasteiger partial charge in [0, 0.05) is 13.3 Å². The van der Waals surface area contributed by atoms with Crippen LogP contribution >= 0.6 is 0 Å². The Bertz CT molecular complexity index is 231. The molecule has 0 bridgehead atoms. The minimum atomic E-state index is 0.684. The van der Waals surface area contributed by atoms with Gasteiger partial charge in [0.25, 0.3) is 0 Å². The highest BCUT2D eigenvalue weighted by Crippen LogP contribution is 1.93. The summed E-state index contributed by atoms with van der Waals surface area (Å²) in [7, 11) is 1.68. The fourth-order valence-electron chi connectivity index (χ4n) is 0.853. The van der Waals surface area contributed by atoms with Crippen LogP contribution in [0.2, 0.25) is 0 Å². The van der Waals surface area contributed by atoms with E-state index in [9.17, 15) is 0 Å². The number of aliphatic imine (C=N–C) groups is 1. The molecule has 0 heterocycles. The van der Waals surface area contributed by atoms with E-state index in [-0.39, 0.29) is 0 Å². The molecule has 12 heavy (non-hydrogen) atoms. The maximum atomic E-state index is 4.87. The fraction of sp³-hybridized carbons (Fsp3) is 0.300. The summed E-state index contributed by atoms with van der Waals surface area (Å²) in [6, 6.07) is 10.0. The highest BCUT2D eigenvalue weighted by molar-refractivity contribution is 5.79. The van der Waals surface area contributed by atoms with Crippen molar-refractivity contribution in [1.29, 1.82) is 0 Å². The van der Waals surface area contributed by atoms with E-state index < -0.39 is 0 Å². The van der Waals surface area contributed by atoms with Gasteiger partial charge in [0.15, 0.2) is 0 Å². The number of hydrogen-bond acceptors (Lipinski definition) is 2.